The predicted molar refractivity (Wildman–Crippen MR) is 57.8 cm³/mol. The Morgan fingerprint density at radius 2 is 1.62 bits per heavy atom. The standard InChI is InChI=1S/C7H17O7PS/c1-3-12-15(8,13-4-2)14-6-5-7-16(9,10)11/h3-7H2,1-2H3,(H,9,10,11). The van der Waals surface area contributed by atoms with E-state index in [9.17, 15) is 13.0 Å². The van der Waals surface area contributed by atoms with Crippen molar-refractivity contribution in [2.45, 2.75) is 20.3 Å². The van der Waals surface area contributed by atoms with Crippen LogP contribution in [-0.2, 0) is 28.3 Å². The van der Waals surface area contributed by atoms with Crippen LogP contribution in [0.3, 0.4) is 0 Å². The number of phosphoric acid groups is 1. The second kappa shape index (κ2) is 7.37. The molecule has 0 unspecified atom stereocenters. The van der Waals surface area contributed by atoms with Crippen LogP contribution in [0.1, 0.15) is 20.3 Å². The molecule has 0 fully saturated rings. The van der Waals surface area contributed by atoms with Crippen molar-refractivity contribution >= 4 is 17.9 Å². The summed E-state index contributed by atoms with van der Waals surface area (Å²) in [6.07, 6.45) is 0.0168. The lowest BCUT2D eigenvalue weighted by Crippen LogP contribution is -2.08. The number of hydrogen-bond donors (Lipinski definition) is 1. The Labute approximate surface area is 95.4 Å². The van der Waals surface area contributed by atoms with Crippen LogP contribution >= 0.6 is 7.82 Å². The Kier molecular flexibility index (Phi) is 7.38. The van der Waals surface area contributed by atoms with Crippen LogP contribution < -0.4 is 0 Å². The molecule has 0 saturated heterocycles. The van der Waals surface area contributed by atoms with Gasteiger partial charge in [-0.15, -0.1) is 0 Å². The van der Waals surface area contributed by atoms with Crippen molar-refractivity contribution in [3.8, 4) is 0 Å². The molecule has 0 spiro atoms. The summed E-state index contributed by atoms with van der Waals surface area (Å²) in [7, 11) is -7.60. The molecule has 0 amide bonds. The van der Waals surface area contributed by atoms with Crippen molar-refractivity contribution in [1.29, 1.82) is 0 Å². The van der Waals surface area contributed by atoms with Gasteiger partial charge in [0, 0.05) is 0 Å². The smallest absolute Gasteiger partial charge is 0.287 e. The summed E-state index contributed by atoms with van der Waals surface area (Å²) in [5, 5.41) is 0. The zero-order valence-electron chi connectivity index (χ0n) is 9.29. The third kappa shape index (κ3) is 8.20. The minimum atomic E-state index is -4.02. The highest BCUT2D eigenvalue weighted by Crippen LogP contribution is 2.49. The Morgan fingerprint density at radius 3 is 2.00 bits per heavy atom. The zero-order chi connectivity index (χ0) is 12.7. The van der Waals surface area contributed by atoms with E-state index in [1.165, 1.54) is 0 Å². The van der Waals surface area contributed by atoms with Gasteiger partial charge in [0.05, 0.1) is 25.6 Å². The monoisotopic (exact) mass is 276 g/mol. The van der Waals surface area contributed by atoms with Gasteiger partial charge in [0.25, 0.3) is 10.1 Å². The van der Waals surface area contributed by atoms with Gasteiger partial charge in [0.1, 0.15) is 0 Å². The van der Waals surface area contributed by atoms with E-state index in [0.717, 1.165) is 0 Å². The van der Waals surface area contributed by atoms with Crippen molar-refractivity contribution in [3.63, 3.8) is 0 Å². The third-order valence-electron chi connectivity index (χ3n) is 1.37. The van der Waals surface area contributed by atoms with Gasteiger partial charge in [-0.25, -0.2) is 4.57 Å². The minimum absolute atomic E-state index is 0.0168. The Balaban J connectivity index is 3.99. The van der Waals surface area contributed by atoms with Crippen molar-refractivity contribution in [2.75, 3.05) is 25.6 Å². The van der Waals surface area contributed by atoms with Gasteiger partial charge in [-0.2, -0.15) is 8.42 Å². The fraction of sp³-hybridized carbons (Fsp3) is 1.00. The van der Waals surface area contributed by atoms with Gasteiger partial charge in [0.15, 0.2) is 0 Å². The molecule has 0 radical (unpaired) electrons. The molecule has 0 aromatic carbocycles. The van der Waals surface area contributed by atoms with Crippen molar-refractivity contribution in [1.82, 2.24) is 0 Å². The maximum atomic E-state index is 11.7. The molecule has 0 saturated carbocycles. The van der Waals surface area contributed by atoms with E-state index in [0.29, 0.717) is 0 Å². The van der Waals surface area contributed by atoms with Crippen molar-refractivity contribution in [3.05, 3.63) is 0 Å². The van der Waals surface area contributed by atoms with Gasteiger partial charge in [0.2, 0.25) is 0 Å². The first-order chi connectivity index (χ1) is 7.33. The maximum absolute atomic E-state index is 11.7. The molecule has 0 aliphatic carbocycles. The quantitative estimate of drug-likeness (QED) is 0.386. The van der Waals surface area contributed by atoms with E-state index in [1.807, 2.05) is 0 Å². The molecule has 0 aromatic heterocycles. The van der Waals surface area contributed by atoms with E-state index in [-0.39, 0.29) is 26.2 Å². The van der Waals surface area contributed by atoms with Crippen molar-refractivity contribution < 1.29 is 31.1 Å². The van der Waals surface area contributed by atoms with Crippen LogP contribution in [-0.4, -0.2) is 38.5 Å². The second-order valence-electron chi connectivity index (χ2n) is 2.76. The van der Waals surface area contributed by atoms with Gasteiger partial charge in [-0.3, -0.25) is 18.1 Å². The minimum Gasteiger partial charge on any atom is -0.287 e. The van der Waals surface area contributed by atoms with E-state index in [4.69, 9.17) is 18.1 Å². The van der Waals surface area contributed by atoms with E-state index in [2.05, 4.69) is 0 Å². The lowest BCUT2D eigenvalue weighted by atomic mass is 10.5. The normalized spacial score (nSPS) is 12.9. The topological polar surface area (TPSA) is 99.1 Å². The first-order valence-corrected chi connectivity index (χ1v) is 7.88. The molecule has 7 nitrogen and oxygen atoms in total. The molecule has 0 rings (SSSR count). The molecular weight excluding hydrogens is 259 g/mol. The molecule has 0 aliphatic rings. The summed E-state index contributed by atoms with van der Waals surface area (Å²) in [5.41, 5.74) is 0. The summed E-state index contributed by atoms with van der Waals surface area (Å²) in [5.74, 6) is -0.453. The number of phosphoric ester groups is 1. The van der Waals surface area contributed by atoms with E-state index in [1.54, 1.807) is 13.8 Å². The van der Waals surface area contributed by atoms with Gasteiger partial charge in [-0.1, -0.05) is 0 Å². The fourth-order valence-corrected chi connectivity index (χ4v) is 2.54. The molecule has 9 heteroatoms. The van der Waals surface area contributed by atoms with Crippen LogP contribution in [0.2, 0.25) is 0 Å². The lowest BCUT2D eigenvalue weighted by Gasteiger charge is -2.15. The van der Waals surface area contributed by atoms with Crippen LogP contribution in [0, 0.1) is 0 Å². The first kappa shape index (κ1) is 16.0. The molecule has 0 atom stereocenters. The molecule has 16 heavy (non-hydrogen) atoms. The summed E-state index contributed by atoms with van der Waals surface area (Å²) >= 11 is 0. The summed E-state index contributed by atoms with van der Waals surface area (Å²) in [4.78, 5) is 0. The molecule has 0 heterocycles. The van der Waals surface area contributed by atoms with Gasteiger partial charge < -0.3 is 0 Å². The average Bonchev–Trinajstić information content (AvgIpc) is 2.12. The third-order valence-corrected chi connectivity index (χ3v) is 3.82. The molecule has 0 bridgehead atoms. The maximum Gasteiger partial charge on any atom is 0.474 e. The Bertz CT molecular complexity index is 316. The highest BCUT2D eigenvalue weighted by molar-refractivity contribution is 7.85. The Morgan fingerprint density at radius 1 is 1.12 bits per heavy atom. The lowest BCUT2D eigenvalue weighted by molar-refractivity contribution is 0.122. The molecule has 0 aromatic rings. The number of hydrogen-bond acceptors (Lipinski definition) is 6. The zero-order valence-corrected chi connectivity index (χ0v) is 11.0. The molecule has 0 aliphatic heterocycles. The number of rotatable bonds is 9. The van der Waals surface area contributed by atoms with Crippen LogP contribution in [0.25, 0.3) is 0 Å². The Hall–Kier alpha value is 0.0200. The molecule has 1 N–H and O–H groups in total. The summed E-state index contributed by atoms with van der Waals surface area (Å²) in [6.45, 7) is 3.46. The van der Waals surface area contributed by atoms with Crippen molar-refractivity contribution in [2.24, 2.45) is 0 Å². The summed E-state index contributed by atoms with van der Waals surface area (Å²) in [6, 6.07) is 0. The average molecular weight is 276 g/mol. The molecular formula is C7H17O7PS. The highest BCUT2D eigenvalue weighted by atomic mass is 32.2. The molecule has 98 valence electrons. The van der Waals surface area contributed by atoms with Gasteiger partial charge >= 0.3 is 7.82 Å². The SMILES string of the molecule is CCOP(=O)(OCC)OCCCS(=O)(=O)O. The fourth-order valence-electron chi connectivity index (χ4n) is 0.846. The van der Waals surface area contributed by atoms with Crippen LogP contribution in [0.5, 0.6) is 0 Å². The van der Waals surface area contributed by atoms with Crippen LogP contribution in [0.15, 0.2) is 0 Å². The van der Waals surface area contributed by atoms with E-state index < -0.39 is 23.7 Å². The second-order valence-corrected chi connectivity index (χ2v) is 6.00. The summed E-state index contributed by atoms with van der Waals surface area (Å²) < 4.78 is 55.3. The van der Waals surface area contributed by atoms with E-state index >= 15 is 0 Å². The largest absolute Gasteiger partial charge is 0.474 e. The van der Waals surface area contributed by atoms with Gasteiger partial charge in [-0.05, 0) is 20.3 Å². The highest BCUT2D eigenvalue weighted by Gasteiger charge is 2.25. The van der Waals surface area contributed by atoms with Crippen LogP contribution in [0.4, 0.5) is 0 Å². The predicted octanol–water partition coefficient (Wildman–Crippen LogP) is 1.46. The first-order valence-electron chi connectivity index (χ1n) is 4.82.